The maximum atomic E-state index is 14.4. The number of nitrogens with one attached hydrogen (secondary N) is 2. The van der Waals surface area contributed by atoms with E-state index in [-0.39, 0.29) is 54.2 Å². The monoisotopic (exact) mass is 693 g/mol. The van der Waals surface area contributed by atoms with Crippen LogP contribution < -0.4 is 14.8 Å². The molecule has 256 valence electrons. The fourth-order valence-corrected chi connectivity index (χ4v) is 7.14. The molecule has 1 aromatic heterocycles. The summed E-state index contributed by atoms with van der Waals surface area (Å²) in [5.41, 5.74) is 1.60. The Morgan fingerprint density at radius 1 is 1.02 bits per heavy atom. The molecule has 4 bridgehead atoms. The third-order valence-electron chi connectivity index (χ3n) is 9.06. The molecule has 0 spiro atoms. The third kappa shape index (κ3) is 6.95. The number of nitrogens with zero attached hydrogens (tertiary/aromatic N) is 3. The highest BCUT2D eigenvalue weighted by atomic mass is 32.2. The van der Waals surface area contributed by atoms with Crippen molar-refractivity contribution >= 4 is 27.8 Å². The average molecular weight is 694 g/mol. The van der Waals surface area contributed by atoms with Crippen LogP contribution in [0.3, 0.4) is 0 Å². The average Bonchev–Trinajstić information content (AvgIpc) is 3.86. The number of benzene rings is 3. The first-order valence-corrected chi connectivity index (χ1v) is 17.1. The zero-order chi connectivity index (χ0) is 35.1. The molecule has 1 aliphatic carbocycles. The van der Waals surface area contributed by atoms with Crippen LogP contribution in [0.25, 0.3) is 11.3 Å². The summed E-state index contributed by atoms with van der Waals surface area (Å²) in [7, 11) is -2.84. The molecule has 2 aliphatic rings. The molecule has 14 heteroatoms. The summed E-state index contributed by atoms with van der Waals surface area (Å²) >= 11 is 0. The molecule has 1 fully saturated rings. The van der Waals surface area contributed by atoms with Gasteiger partial charge in [-0.2, -0.15) is 18.2 Å². The maximum Gasteiger partial charge on any atom is 0.394 e. The lowest BCUT2D eigenvalue weighted by molar-refractivity contribution is -0.192. The maximum absolute atomic E-state index is 14.4. The molecule has 2 amide bonds. The zero-order valence-electron chi connectivity index (χ0n) is 27.0. The molecule has 1 atom stereocenters. The first-order chi connectivity index (χ1) is 23.2. The van der Waals surface area contributed by atoms with Crippen molar-refractivity contribution in [3.8, 4) is 17.1 Å². The van der Waals surface area contributed by atoms with Crippen LogP contribution in [0.2, 0.25) is 0 Å². The van der Waals surface area contributed by atoms with E-state index in [1.54, 1.807) is 24.3 Å². The van der Waals surface area contributed by atoms with Crippen LogP contribution in [0.1, 0.15) is 56.7 Å². The van der Waals surface area contributed by atoms with Crippen molar-refractivity contribution in [3.05, 3.63) is 101 Å². The van der Waals surface area contributed by atoms with Gasteiger partial charge in [0.2, 0.25) is 11.8 Å². The van der Waals surface area contributed by atoms with E-state index in [1.165, 1.54) is 42.3 Å². The number of halogens is 3. The molecule has 0 radical (unpaired) electrons. The Hall–Kier alpha value is -4.98. The Morgan fingerprint density at radius 2 is 1.69 bits per heavy atom. The molecule has 10 nitrogen and oxygen atoms in total. The smallest absolute Gasteiger partial charge is 0.394 e. The van der Waals surface area contributed by atoms with Crippen molar-refractivity contribution in [1.29, 1.82) is 0 Å². The van der Waals surface area contributed by atoms with Crippen molar-refractivity contribution in [2.24, 2.45) is 5.41 Å². The van der Waals surface area contributed by atoms with Crippen LogP contribution in [0, 0.1) is 19.3 Å². The van der Waals surface area contributed by atoms with Crippen molar-refractivity contribution in [3.63, 3.8) is 0 Å². The lowest BCUT2D eigenvalue weighted by Crippen LogP contribution is -2.46. The molecule has 2 heterocycles. The molecular weight excluding hydrogens is 659 g/mol. The number of amides is 2. The number of aromatic nitrogens is 2. The topological polar surface area (TPSA) is 131 Å². The lowest BCUT2D eigenvalue weighted by atomic mass is 9.94. The lowest BCUT2D eigenvalue weighted by Gasteiger charge is -2.35. The second-order valence-electron chi connectivity index (χ2n) is 12.5. The van der Waals surface area contributed by atoms with Crippen LogP contribution >= 0.6 is 0 Å². The molecule has 3 aromatic carbocycles. The van der Waals surface area contributed by atoms with Gasteiger partial charge >= 0.3 is 6.18 Å². The van der Waals surface area contributed by atoms with E-state index < -0.39 is 40.0 Å². The van der Waals surface area contributed by atoms with Gasteiger partial charge < -0.3 is 15.0 Å². The molecule has 6 rings (SSSR count). The van der Waals surface area contributed by atoms with E-state index in [2.05, 4.69) is 20.0 Å². The van der Waals surface area contributed by atoms with Crippen LogP contribution in [0.15, 0.2) is 77.7 Å². The number of carbonyl (C=O) groups is 2. The quantitative estimate of drug-likeness (QED) is 0.251. The molecule has 1 saturated carbocycles. The van der Waals surface area contributed by atoms with Crippen molar-refractivity contribution < 1.29 is 35.9 Å². The highest BCUT2D eigenvalue weighted by molar-refractivity contribution is 7.92. The van der Waals surface area contributed by atoms with E-state index in [0.717, 1.165) is 11.1 Å². The predicted molar refractivity (Wildman–Crippen MR) is 176 cm³/mol. The van der Waals surface area contributed by atoms with Crippen molar-refractivity contribution in [2.75, 3.05) is 18.4 Å². The number of anilines is 1. The Labute approximate surface area is 281 Å². The number of rotatable bonds is 6. The zero-order valence-corrected chi connectivity index (χ0v) is 27.8. The molecule has 2 N–H and O–H groups in total. The van der Waals surface area contributed by atoms with Gasteiger partial charge in [-0.3, -0.25) is 9.59 Å². The summed E-state index contributed by atoms with van der Waals surface area (Å²) in [5.74, 6) is -1.40. The minimum atomic E-state index is -4.52. The Morgan fingerprint density at radius 3 is 2.33 bits per heavy atom. The fourth-order valence-electron chi connectivity index (χ4n) is 6.15. The summed E-state index contributed by atoms with van der Waals surface area (Å²) in [4.78, 5) is 36.2. The second kappa shape index (κ2) is 12.8. The Bertz CT molecular complexity index is 2010. The third-order valence-corrected chi connectivity index (χ3v) is 10.4. The second-order valence-corrected chi connectivity index (χ2v) is 14.2. The van der Waals surface area contributed by atoms with E-state index in [9.17, 15) is 31.2 Å². The van der Waals surface area contributed by atoms with E-state index in [1.807, 2.05) is 32.0 Å². The fraction of sp³-hybridized carbons (Fsp3) is 0.314. The van der Waals surface area contributed by atoms with Gasteiger partial charge in [0.25, 0.3) is 21.8 Å². The molecule has 1 aliphatic heterocycles. The number of hydrogen-bond donors (Lipinski definition) is 2. The van der Waals surface area contributed by atoms with Gasteiger partial charge in [0.05, 0.1) is 22.0 Å². The summed E-state index contributed by atoms with van der Waals surface area (Å²) < 4.78 is 79.0. The van der Waals surface area contributed by atoms with E-state index in [0.29, 0.717) is 22.4 Å². The number of alkyl halides is 3. The SMILES string of the molecule is CNC(=O)c1ccc(CN2C(=O)c3cccc(c3)S(=O)(=O)Nc3nc(cc(-c4c(C)cccc4C)n3)OC[C@H]2CC2(C(F)(F)F)CC2)cc1. The summed E-state index contributed by atoms with van der Waals surface area (Å²) in [5, 5.41) is 2.53. The van der Waals surface area contributed by atoms with Gasteiger partial charge in [-0.05, 0) is 80.1 Å². The minimum Gasteiger partial charge on any atom is -0.475 e. The normalized spacial score (nSPS) is 18.2. The van der Waals surface area contributed by atoms with Crippen molar-refractivity contribution in [2.45, 2.75) is 56.8 Å². The van der Waals surface area contributed by atoms with Gasteiger partial charge in [-0.15, -0.1) is 0 Å². The Kier molecular flexibility index (Phi) is 8.86. The largest absolute Gasteiger partial charge is 0.475 e. The number of aryl methyl sites for hydroxylation is 2. The van der Waals surface area contributed by atoms with Crippen LogP contribution in [0.5, 0.6) is 5.88 Å². The molecule has 49 heavy (non-hydrogen) atoms. The number of carbonyl (C=O) groups excluding carboxylic acids is 2. The van der Waals surface area contributed by atoms with Gasteiger partial charge in [-0.1, -0.05) is 36.4 Å². The van der Waals surface area contributed by atoms with Gasteiger partial charge in [-0.25, -0.2) is 18.1 Å². The molecular formula is C35H34F3N5O5S. The standard InChI is InChI=1S/C35H34F3N5O5S/c1-21-6-4-7-22(2)30(21)28-17-29-41-33(40-28)42-49(46,47)27-9-5-8-25(16-27)32(45)43(19-23-10-12-24(13-11-23)31(44)39-3)26(20-48-29)18-34(14-15-34)35(36,37)38/h4-13,16-17,26H,14-15,18-20H2,1-3H3,(H,39,44)(H,40,41,42)/t26-/m1/s1. The first-order valence-electron chi connectivity index (χ1n) is 15.6. The minimum absolute atomic E-state index is 0.0465. The molecule has 4 aromatic rings. The van der Waals surface area contributed by atoms with Gasteiger partial charge in [0.15, 0.2) is 0 Å². The number of hydrogen-bond acceptors (Lipinski definition) is 7. The molecule has 0 saturated heterocycles. The summed E-state index contributed by atoms with van der Waals surface area (Å²) in [6, 6.07) is 17.6. The number of sulfonamides is 1. The predicted octanol–water partition coefficient (Wildman–Crippen LogP) is 6.06. The first kappa shape index (κ1) is 33.9. The van der Waals surface area contributed by atoms with Gasteiger partial charge in [0.1, 0.15) is 6.61 Å². The summed E-state index contributed by atoms with van der Waals surface area (Å²) in [6.07, 6.45) is -5.16. The van der Waals surface area contributed by atoms with E-state index in [4.69, 9.17) is 4.74 Å². The highest BCUT2D eigenvalue weighted by Gasteiger charge is 2.64. The van der Waals surface area contributed by atoms with Crippen LogP contribution in [-0.2, 0) is 16.6 Å². The van der Waals surface area contributed by atoms with Crippen molar-refractivity contribution in [1.82, 2.24) is 20.2 Å². The summed E-state index contributed by atoms with van der Waals surface area (Å²) in [6.45, 7) is 3.22. The molecule has 0 unspecified atom stereocenters. The van der Waals surface area contributed by atoms with Gasteiger partial charge in [0, 0.05) is 36.3 Å². The number of ether oxygens (including phenoxy) is 1. The Balaban J connectivity index is 1.49. The van der Waals surface area contributed by atoms with E-state index >= 15 is 0 Å². The van der Waals surface area contributed by atoms with Crippen LogP contribution in [-0.4, -0.2) is 61.0 Å². The highest BCUT2D eigenvalue weighted by Crippen LogP contribution is 2.61. The number of fused-ring (bicyclic) bond motifs is 4. The van der Waals surface area contributed by atoms with Crippen LogP contribution in [0.4, 0.5) is 19.1 Å².